The molecule has 1 fully saturated rings. The van der Waals surface area contributed by atoms with Crippen molar-refractivity contribution >= 4 is 29.9 Å². The summed E-state index contributed by atoms with van der Waals surface area (Å²) in [5, 5.41) is 6.64. The van der Waals surface area contributed by atoms with Crippen LogP contribution in [0.2, 0.25) is 0 Å². The fourth-order valence-electron chi connectivity index (χ4n) is 3.87. The van der Waals surface area contributed by atoms with E-state index in [0.29, 0.717) is 24.6 Å². The summed E-state index contributed by atoms with van der Waals surface area (Å²) in [6.07, 6.45) is 2.32. The third-order valence-corrected chi connectivity index (χ3v) is 5.54. The molecule has 0 aliphatic carbocycles. The molecule has 0 radical (unpaired) electrons. The Morgan fingerprint density at radius 3 is 2.43 bits per heavy atom. The fourth-order valence-corrected chi connectivity index (χ4v) is 3.87. The quantitative estimate of drug-likeness (QED) is 0.333. The first-order valence-corrected chi connectivity index (χ1v) is 10.2. The molecular formula is C23H31F2IN4. The molecule has 1 saturated heterocycles. The van der Waals surface area contributed by atoms with Crippen LogP contribution in [0.3, 0.4) is 0 Å². The van der Waals surface area contributed by atoms with E-state index < -0.39 is 11.6 Å². The van der Waals surface area contributed by atoms with Crippen molar-refractivity contribution in [3.8, 4) is 0 Å². The maximum absolute atomic E-state index is 13.7. The molecule has 2 N–H and O–H groups in total. The molecule has 2 atom stereocenters. The molecule has 7 heteroatoms. The lowest BCUT2D eigenvalue weighted by molar-refractivity contribution is 0.134. The van der Waals surface area contributed by atoms with Gasteiger partial charge in [-0.3, -0.25) is 9.89 Å². The highest BCUT2D eigenvalue weighted by molar-refractivity contribution is 14.0. The average molecular weight is 528 g/mol. The van der Waals surface area contributed by atoms with Crippen molar-refractivity contribution in [2.24, 2.45) is 4.99 Å². The fraction of sp³-hybridized carbons (Fsp3) is 0.435. The summed E-state index contributed by atoms with van der Waals surface area (Å²) in [4.78, 5) is 6.77. The minimum atomic E-state index is -0.505. The lowest BCUT2D eigenvalue weighted by atomic mass is 9.97. The second-order valence-corrected chi connectivity index (χ2v) is 7.62. The first kappa shape index (κ1) is 24.5. The van der Waals surface area contributed by atoms with Crippen LogP contribution in [0.15, 0.2) is 53.5 Å². The summed E-state index contributed by atoms with van der Waals surface area (Å²) < 4.78 is 27.5. The predicted octanol–water partition coefficient (Wildman–Crippen LogP) is 4.34. The number of likely N-dealkylation sites (tertiary alicyclic amines) is 1. The van der Waals surface area contributed by atoms with Crippen molar-refractivity contribution in [1.29, 1.82) is 0 Å². The van der Waals surface area contributed by atoms with Gasteiger partial charge in [-0.15, -0.1) is 24.0 Å². The minimum Gasteiger partial charge on any atom is -0.356 e. The Labute approximate surface area is 195 Å². The molecule has 1 aliphatic heterocycles. The molecule has 1 aliphatic rings. The summed E-state index contributed by atoms with van der Waals surface area (Å²) in [6, 6.07) is 15.3. The number of nitrogens with one attached hydrogen (secondary N) is 2. The molecular weight excluding hydrogens is 497 g/mol. The Kier molecular flexibility index (Phi) is 9.97. The maximum atomic E-state index is 13.7. The second-order valence-electron chi connectivity index (χ2n) is 7.62. The zero-order chi connectivity index (χ0) is 20.6. The third-order valence-electron chi connectivity index (χ3n) is 5.54. The Bertz CT molecular complexity index is 796. The molecule has 1 heterocycles. The van der Waals surface area contributed by atoms with Crippen LogP contribution in [0.25, 0.3) is 0 Å². The number of halogens is 3. The van der Waals surface area contributed by atoms with Crippen molar-refractivity contribution in [3.63, 3.8) is 0 Å². The molecule has 0 saturated carbocycles. The zero-order valence-corrected chi connectivity index (χ0v) is 19.9. The number of nitrogens with zero attached hydrogens (tertiary/aromatic N) is 2. The molecule has 4 nitrogen and oxygen atoms in total. The smallest absolute Gasteiger partial charge is 0.191 e. The number of hydrogen-bond donors (Lipinski definition) is 2. The van der Waals surface area contributed by atoms with Gasteiger partial charge in [0.2, 0.25) is 0 Å². The van der Waals surface area contributed by atoms with Crippen LogP contribution in [-0.4, -0.2) is 43.1 Å². The number of guanidine groups is 1. The van der Waals surface area contributed by atoms with E-state index in [1.54, 1.807) is 7.05 Å². The number of hydrogen-bond acceptors (Lipinski definition) is 2. The Morgan fingerprint density at radius 2 is 1.80 bits per heavy atom. The molecule has 2 unspecified atom stereocenters. The van der Waals surface area contributed by atoms with E-state index in [2.05, 4.69) is 51.7 Å². The van der Waals surface area contributed by atoms with E-state index in [1.165, 1.54) is 23.8 Å². The van der Waals surface area contributed by atoms with E-state index in [4.69, 9.17) is 0 Å². The summed E-state index contributed by atoms with van der Waals surface area (Å²) in [5.74, 6) is -0.334. The molecule has 2 aromatic rings. The number of rotatable bonds is 6. The van der Waals surface area contributed by atoms with Gasteiger partial charge in [0.1, 0.15) is 11.6 Å². The van der Waals surface area contributed by atoms with Gasteiger partial charge in [0, 0.05) is 44.3 Å². The van der Waals surface area contributed by atoms with E-state index >= 15 is 0 Å². The maximum Gasteiger partial charge on any atom is 0.191 e. The van der Waals surface area contributed by atoms with Crippen LogP contribution in [-0.2, 0) is 13.0 Å². The first-order chi connectivity index (χ1) is 14.1. The van der Waals surface area contributed by atoms with Crippen LogP contribution in [0, 0.1) is 11.6 Å². The molecule has 3 rings (SSSR count). The monoisotopic (exact) mass is 528 g/mol. The summed E-state index contributed by atoms with van der Waals surface area (Å²) in [6.45, 7) is 4.66. The van der Waals surface area contributed by atoms with Gasteiger partial charge < -0.3 is 10.6 Å². The van der Waals surface area contributed by atoms with E-state index in [0.717, 1.165) is 25.9 Å². The van der Waals surface area contributed by atoms with Gasteiger partial charge >= 0.3 is 0 Å². The van der Waals surface area contributed by atoms with E-state index in [1.807, 2.05) is 6.07 Å². The van der Waals surface area contributed by atoms with Crippen LogP contribution in [0.5, 0.6) is 0 Å². The minimum absolute atomic E-state index is 0. The van der Waals surface area contributed by atoms with Gasteiger partial charge in [0.15, 0.2) is 5.96 Å². The zero-order valence-electron chi connectivity index (χ0n) is 17.6. The molecule has 0 bridgehead atoms. The second kappa shape index (κ2) is 12.2. The molecule has 2 aromatic carbocycles. The summed E-state index contributed by atoms with van der Waals surface area (Å²) in [5.41, 5.74) is 1.45. The van der Waals surface area contributed by atoms with Crippen LogP contribution in [0.4, 0.5) is 8.78 Å². The molecule has 164 valence electrons. The average Bonchev–Trinajstić information content (AvgIpc) is 2.72. The first-order valence-electron chi connectivity index (χ1n) is 10.2. The topological polar surface area (TPSA) is 39.7 Å². The van der Waals surface area contributed by atoms with Crippen molar-refractivity contribution in [1.82, 2.24) is 15.5 Å². The largest absolute Gasteiger partial charge is 0.356 e. The van der Waals surface area contributed by atoms with Gasteiger partial charge in [-0.05, 0) is 43.9 Å². The van der Waals surface area contributed by atoms with Gasteiger partial charge in [-0.1, -0.05) is 36.4 Å². The SMILES string of the molecule is CN=C(NCCc1c(F)cccc1F)NC1CCN(Cc2ccccc2)C(C)C1.I. The molecule has 0 amide bonds. The van der Waals surface area contributed by atoms with Crippen molar-refractivity contribution in [2.45, 2.75) is 44.8 Å². The van der Waals surface area contributed by atoms with E-state index in [9.17, 15) is 8.78 Å². The predicted molar refractivity (Wildman–Crippen MR) is 129 cm³/mol. The van der Waals surface area contributed by atoms with Crippen LogP contribution in [0.1, 0.15) is 30.9 Å². The highest BCUT2D eigenvalue weighted by Gasteiger charge is 2.26. The summed E-state index contributed by atoms with van der Waals surface area (Å²) in [7, 11) is 1.72. The molecule has 0 spiro atoms. The lowest BCUT2D eigenvalue weighted by Crippen LogP contribution is -2.51. The normalized spacial score (nSPS) is 19.8. The number of aliphatic imine (C=N–C) groups is 1. The highest BCUT2D eigenvalue weighted by atomic mass is 127. The lowest BCUT2D eigenvalue weighted by Gasteiger charge is -2.38. The summed E-state index contributed by atoms with van der Waals surface area (Å²) >= 11 is 0. The van der Waals surface area contributed by atoms with Crippen molar-refractivity contribution < 1.29 is 8.78 Å². The van der Waals surface area contributed by atoms with Gasteiger partial charge in [0.05, 0.1) is 0 Å². The van der Waals surface area contributed by atoms with Crippen LogP contribution >= 0.6 is 24.0 Å². The third kappa shape index (κ3) is 6.91. The molecule has 0 aromatic heterocycles. The number of piperidine rings is 1. The van der Waals surface area contributed by atoms with Gasteiger partial charge in [-0.2, -0.15) is 0 Å². The highest BCUT2D eigenvalue weighted by Crippen LogP contribution is 2.20. The molecule has 30 heavy (non-hydrogen) atoms. The van der Waals surface area contributed by atoms with Crippen LogP contribution < -0.4 is 10.6 Å². The number of benzene rings is 2. The standard InChI is InChI=1S/C23H30F2N4.HI/c1-17-15-19(12-14-29(17)16-18-7-4-3-5-8-18)28-23(26-2)27-13-11-20-21(24)9-6-10-22(20)25;/h3-10,17,19H,11-16H2,1-2H3,(H2,26,27,28);1H. The Balaban J connectivity index is 0.00000320. The van der Waals surface area contributed by atoms with Gasteiger partial charge in [-0.25, -0.2) is 8.78 Å². The van der Waals surface area contributed by atoms with Crippen molar-refractivity contribution in [2.75, 3.05) is 20.1 Å². The Morgan fingerprint density at radius 1 is 1.10 bits per heavy atom. The van der Waals surface area contributed by atoms with Gasteiger partial charge in [0.25, 0.3) is 0 Å². The van der Waals surface area contributed by atoms with E-state index in [-0.39, 0.29) is 36.0 Å². The van der Waals surface area contributed by atoms with Crippen molar-refractivity contribution in [3.05, 3.63) is 71.3 Å². The Hall–Kier alpha value is -1.74.